The van der Waals surface area contributed by atoms with Gasteiger partial charge in [0.05, 0.1) is 28.8 Å². The molecule has 1 aromatic heterocycles. The van der Waals surface area contributed by atoms with Crippen molar-refractivity contribution in [3.05, 3.63) is 59.9 Å². The third-order valence-corrected chi connectivity index (χ3v) is 7.35. The SMILES string of the molecule is C[C@@H]1COc2ccccc2CCCCC2(CCN(C(=O)c3ccc4nc[nH]c4c3)CC2)C(=O)N1. The minimum Gasteiger partial charge on any atom is -0.491 e. The Hall–Kier alpha value is -3.35. The summed E-state index contributed by atoms with van der Waals surface area (Å²) in [5.74, 6) is 1.03. The Labute approximate surface area is 199 Å². The van der Waals surface area contributed by atoms with Crippen LogP contribution in [-0.2, 0) is 11.2 Å². The Kier molecular flexibility index (Phi) is 6.26. The van der Waals surface area contributed by atoms with Crippen molar-refractivity contribution < 1.29 is 14.3 Å². The van der Waals surface area contributed by atoms with E-state index in [4.69, 9.17) is 4.74 Å². The molecule has 2 aliphatic rings. The summed E-state index contributed by atoms with van der Waals surface area (Å²) >= 11 is 0. The highest BCUT2D eigenvalue weighted by Crippen LogP contribution is 2.38. The van der Waals surface area contributed by atoms with Crippen molar-refractivity contribution in [2.75, 3.05) is 19.7 Å². The van der Waals surface area contributed by atoms with Crippen molar-refractivity contribution >= 4 is 22.8 Å². The standard InChI is InChI=1S/C27H32N4O3/c1-19-17-34-24-8-3-2-6-20(24)7-4-5-11-27(26(33)30-19)12-14-31(15-13-27)25(32)21-9-10-22-23(16-21)29-18-28-22/h2-3,6,8-10,16,18-19H,4-5,7,11-15,17H2,1H3,(H,28,29)(H,30,33)/t19-/m1/s1. The fraction of sp³-hybridized carbons (Fsp3) is 0.444. The number of imidazole rings is 1. The highest BCUT2D eigenvalue weighted by Gasteiger charge is 2.42. The summed E-state index contributed by atoms with van der Waals surface area (Å²) < 4.78 is 6.04. The second-order valence-electron chi connectivity index (χ2n) is 9.71. The number of ether oxygens (including phenoxy) is 1. The average molecular weight is 461 g/mol. The van der Waals surface area contributed by atoms with Crippen molar-refractivity contribution in [1.82, 2.24) is 20.2 Å². The van der Waals surface area contributed by atoms with E-state index in [-0.39, 0.29) is 17.9 Å². The van der Waals surface area contributed by atoms with Gasteiger partial charge in [0.25, 0.3) is 5.91 Å². The van der Waals surface area contributed by atoms with E-state index in [1.54, 1.807) is 6.33 Å². The Morgan fingerprint density at radius 2 is 1.94 bits per heavy atom. The van der Waals surface area contributed by atoms with Crippen LogP contribution in [0.1, 0.15) is 54.9 Å². The number of carbonyl (C=O) groups is 2. The predicted molar refractivity (Wildman–Crippen MR) is 131 cm³/mol. The topological polar surface area (TPSA) is 87.3 Å². The number of piperidine rings is 1. The van der Waals surface area contributed by atoms with E-state index in [0.717, 1.165) is 42.5 Å². The number of likely N-dealkylation sites (tertiary alicyclic amines) is 1. The van der Waals surface area contributed by atoms with Gasteiger partial charge in [-0.05, 0) is 68.9 Å². The Bertz CT molecular complexity index is 1180. The maximum Gasteiger partial charge on any atom is 0.253 e. The van der Waals surface area contributed by atoms with Crippen LogP contribution in [0.3, 0.4) is 0 Å². The lowest BCUT2D eigenvalue weighted by atomic mass is 9.73. The van der Waals surface area contributed by atoms with Gasteiger partial charge in [-0.15, -0.1) is 0 Å². The lowest BCUT2D eigenvalue weighted by Gasteiger charge is -2.41. The summed E-state index contributed by atoms with van der Waals surface area (Å²) in [6.07, 6.45) is 6.77. The zero-order valence-electron chi connectivity index (χ0n) is 19.7. The van der Waals surface area contributed by atoms with E-state index in [2.05, 4.69) is 27.4 Å². The molecule has 2 aromatic carbocycles. The molecule has 7 heteroatoms. The number of fused-ring (bicyclic) bond motifs is 2. The van der Waals surface area contributed by atoms with E-state index in [9.17, 15) is 9.59 Å². The number of nitrogens with zero attached hydrogens (tertiary/aromatic N) is 2. The number of rotatable bonds is 1. The van der Waals surface area contributed by atoms with Gasteiger partial charge in [0, 0.05) is 18.7 Å². The summed E-state index contributed by atoms with van der Waals surface area (Å²) in [6.45, 7) is 3.60. The highest BCUT2D eigenvalue weighted by atomic mass is 16.5. The number of nitrogens with one attached hydrogen (secondary N) is 2. The van der Waals surface area contributed by atoms with Crippen molar-refractivity contribution in [3.8, 4) is 5.75 Å². The van der Waals surface area contributed by atoms with Crippen molar-refractivity contribution in [2.24, 2.45) is 5.41 Å². The summed E-state index contributed by atoms with van der Waals surface area (Å²) in [7, 11) is 0. The predicted octanol–water partition coefficient (Wildman–Crippen LogP) is 4.10. The maximum absolute atomic E-state index is 13.4. The van der Waals surface area contributed by atoms with Crippen LogP contribution in [0.25, 0.3) is 11.0 Å². The van der Waals surface area contributed by atoms with Gasteiger partial charge in [0.2, 0.25) is 5.91 Å². The molecule has 1 saturated heterocycles. The summed E-state index contributed by atoms with van der Waals surface area (Å²) in [4.78, 5) is 35.8. The number of hydrogen-bond donors (Lipinski definition) is 2. The molecule has 2 aliphatic heterocycles. The van der Waals surface area contributed by atoms with Crippen LogP contribution in [0.15, 0.2) is 48.8 Å². The number of aromatic nitrogens is 2. The largest absolute Gasteiger partial charge is 0.491 e. The molecular formula is C27H32N4O3. The van der Waals surface area contributed by atoms with Gasteiger partial charge in [-0.1, -0.05) is 24.6 Å². The molecule has 0 saturated carbocycles. The molecule has 34 heavy (non-hydrogen) atoms. The van der Waals surface area contributed by atoms with Crippen LogP contribution in [0.4, 0.5) is 0 Å². The van der Waals surface area contributed by atoms with E-state index < -0.39 is 5.41 Å². The first-order valence-electron chi connectivity index (χ1n) is 12.3. The van der Waals surface area contributed by atoms with Gasteiger partial charge in [-0.2, -0.15) is 0 Å². The molecule has 0 bridgehead atoms. The molecular weight excluding hydrogens is 428 g/mol. The number of H-pyrrole nitrogens is 1. The van der Waals surface area contributed by atoms with Gasteiger partial charge in [-0.25, -0.2) is 4.98 Å². The number of aromatic amines is 1. The van der Waals surface area contributed by atoms with Crippen LogP contribution in [0, 0.1) is 5.41 Å². The highest BCUT2D eigenvalue weighted by molar-refractivity contribution is 5.97. The first kappa shape index (κ1) is 22.4. The maximum atomic E-state index is 13.4. The van der Waals surface area contributed by atoms with Crippen molar-refractivity contribution in [2.45, 2.75) is 51.5 Å². The van der Waals surface area contributed by atoms with Crippen LogP contribution in [0.5, 0.6) is 5.75 Å². The molecule has 5 rings (SSSR count). The molecule has 7 nitrogen and oxygen atoms in total. The number of aryl methyl sites for hydroxylation is 1. The number of carbonyl (C=O) groups excluding carboxylic acids is 2. The fourth-order valence-electron chi connectivity index (χ4n) is 5.24. The lowest BCUT2D eigenvalue weighted by molar-refractivity contribution is -0.135. The van der Waals surface area contributed by atoms with Gasteiger partial charge in [-0.3, -0.25) is 9.59 Å². The number of amides is 2. The number of hydrogen-bond acceptors (Lipinski definition) is 4. The molecule has 0 radical (unpaired) electrons. The van der Waals surface area contributed by atoms with E-state index in [1.165, 1.54) is 5.56 Å². The van der Waals surface area contributed by atoms with Crippen molar-refractivity contribution in [1.29, 1.82) is 0 Å². The first-order valence-corrected chi connectivity index (χ1v) is 12.3. The van der Waals surface area contributed by atoms with Gasteiger partial charge < -0.3 is 19.9 Å². The third kappa shape index (κ3) is 4.52. The quantitative estimate of drug-likeness (QED) is 0.573. The molecule has 3 aromatic rings. The van der Waals surface area contributed by atoms with E-state index in [1.807, 2.05) is 42.2 Å². The smallest absolute Gasteiger partial charge is 0.253 e. The Morgan fingerprint density at radius 1 is 1.12 bits per heavy atom. The Balaban J connectivity index is 1.28. The fourth-order valence-corrected chi connectivity index (χ4v) is 5.24. The first-order chi connectivity index (χ1) is 16.5. The van der Waals surface area contributed by atoms with Crippen LogP contribution < -0.4 is 10.1 Å². The minimum absolute atomic E-state index is 0.0123. The monoisotopic (exact) mass is 460 g/mol. The summed E-state index contributed by atoms with van der Waals surface area (Å²) in [5, 5.41) is 3.20. The van der Waals surface area contributed by atoms with Crippen LogP contribution in [-0.4, -0.2) is 52.4 Å². The van der Waals surface area contributed by atoms with Gasteiger partial charge >= 0.3 is 0 Å². The molecule has 0 aliphatic carbocycles. The molecule has 2 N–H and O–H groups in total. The summed E-state index contributed by atoms with van der Waals surface area (Å²) in [5.41, 5.74) is 3.15. The van der Waals surface area contributed by atoms with E-state index in [0.29, 0.717) is 38.1 Å². The number of para-hydroxylation sites is 1. The molecule has 1 atom stereocenters. The molecule has 1 spiro atoms. The molecule has 3 heterocycles. The zero-order valence-corrected chi connectivity index (χ0v) is 19.7. The second-order valence-corrected chi connectivity index (χ2v) is 9.71. The van der Waals surface area contributed by atoms with Crippen molar-refractivity contribution in [3.63, 3.8) is 0 Å². The average Bonchev–Trinajstić information content (AvgIpc) is 3.33. The normalized spacial score (nSPS) is 21.1. The molecule has 1 fully saturated rings. The minimum atomic E-state index is -0.433. The third-order valence-electron chi connectivity index (χ3n) is 7.35. The van der Waals surface area contributed by atoms with Crippen LogP contribution >= 0.6 is 0 Å². The van der Waals surface area contributed by atoms with E-state index >= 15 is 0 Å². The second kappa shape index (κ2) is 9.49. The van der Waals surface area contributed by atoms with Gasteiger partial charge in [0.15, 0.2) is 0 Å². The molecule has 178 valence electrons. The molecule has 0 unspecified atom stereocenters. The number of benzene rings is 2. The summed E-state index contributed by atoms with van der Waals surface area (Å²) in [6, 6.07) is 13.7. The zero-order chi connectivity index (χ0) is 23.5. The van der Waals surface area contributed by atoms with Crippen LogP contribution in [0.2, 0.25) is 0 Å². The lowest BCUT2D eigenvalue weighted by Crippen LogP contribution is -2.52. The van der Waals surface area contributed by atoms with Gasteiger partial charge in [0.1, 0.15) is 12.4 Å². The molecule has 2 amide bonds. The Morgan fingerprint density at radius 3 is 2.79 bits per heavy atom.